The van der Waals surface area contributed by atoms with Gasteiger partial charge >= 0.3 is 0 Å². The normalized spacial score (nSPS) is 36.1. The summed E-state index contributed by atoms with van der Waals surface area (Å²) in [4.78, 5) is 2.53. The van der Waals surface area contributed by atoms with Crippen LogP contribution in [0.25, 0.3) is 0 Å². The quantitative estimate of drug-likeness (QED) is 0.667. The number of piperazine rings is 1. The molecule has 1 N–H and O–H groups in total. The lowest BCUT2D eigenvalue weighted by Gasteiger charge is -2.46. The number of nitrogens with one attached hydrogen (secondary N) is 1. The van der Waals surface area contributed by atoms with Gasteiger partial charge in [0.05, 0.1) is 0 Å². The zero-order valence-electron chi connectivity index (χ0n) is 9.14. The highest BCUT2D eigenvalue weighted by molar-refractivity contribution is 4.96. The van der Waals surface area contributed by atoms with E-state index in [-0.39, 0.29) is 0 Å². The average molecular weight is 182 g/mol. The van der Waals surface area contributed by atoms with E-state index in [4.69, 9.17) is 0 Å². The summed E-state index contributed by atoms with van der Waals surface area (Å²) in [5.41, 5.74) is 0.320. The minimum Gasteiger partial charge on any atom is -0.311 e. The zero-order chi connectivity index (χ0) is 9.90. The standard InChI is InChI=1S/C11H22N2/c1-5-7-13-8-10(3)12-9-11(13,4)6-2/h5,10,12H,1,6-9H2,2-4H3. The molecule has 0 spiro atoms. The Hall–Kier alpha value is -0.340. The van der Waals surface area contributed by atoms with Crippen molar-refractivity contribution in [2.24, 2.45) is 0 Å². The van der Waals surface area contributed by atoms with Crippen LogP contribution in [0.4, 0.5) is 0 Å². The number of nitrogens with zero attached hydrogens (tertiary/aromatic N) is 1. The molecule has 0 saturated carbocycles. The second-order valence-corrected chi connectivity index (χ2v) is 4.33. The van der Waals surface area contributed by atoms with Crippen LogP contribution in [0, 0.1) is 0 Å². The predicted octanol–water partition coefficient (Wildman–Crippen LogP) is 1.63. The van der Waals surface area contributed by atoms with Crippen LogP contribution in [0.1, 0.15) is 27.2 Å². The van der Waals surface area contributed by atoms with Crippen LogP contribution in [0.15, 0.2) is 12.7 Å². The lowest BCUT2D eigenvalue weighted by molar-refractivity contribution is 0.0646. The Labute approximate surface area is 82.0 Å². The van der Waals surface area contributed by atoms with Crippen LogP contribution in [-0.4, -0.2) is 36.1 Å². The molecule has 76 valence electrons. The average Bonchev–Trinajstić information content (AvgIpc) is 2.12. The maximum absolute atomic E-state index is 3.82. The maximum Gasteiger partial charge on any atom is 0.0307 e. The fourth-order valence-corrected chi connectivity index (χ4v) is 1.92. The van der Waals surface area contributed by atoms with Gasteiger partial charge in [0.1, 0.15) is 0 Å². The second kappa shape index (κ2) is 4.25. The molecule has 2 nitrogen and oxygen atoms in total. The summed E-state index contributed by atoms with van der Waals surface area (Å²) in [6, 6.07) is 0.611. The first-order valence-corrected chi connectivity index (χ1v) is 5.21. The highest BCUT2D eigenvalue weighted by atomic mass is 15.3. The third kappa shape index (κ3) is 2.32. The molecule has 2 heteroatoms. The Morgan fingerprint density at radius 3 is 2.92 bits per heavy atom. The molecular formula is C11H22N2. The van der Waals surface area contributed by atoms with E-state index in [1.807, 2.05) is 6.08 Å². The number of rotatable bonds is 3. The molecule has 1 aliphatic rings. The first-order valence-electron chi connectivity index (χ1n) is 5.21. The predicted molar refractivity (Wildman–Crippen MR) is 57.9 cm³/mol. The van der Waals surface area contributed by atoms with Gasteiger partial charge in [-0.25, -0.2) is 0 Å². The third-order valence-electron chi connectivity index (χ3n) is 3.20. The van der Waals surface area contributed by atoms with Gasteiger partial charge in [0.2, 0.25) is 0 Å². The minimum absolute atomic E-state index is 0.320. The van der Waals surface area contributed by atoms with Crippen molar-refractivity contribution in [1.82, 2.24) is 10.2 Å². The second-order valence-electron chi connectivity index (χ2n) is 4.33. The van der Waals surface area contributed by atoms with E-state index < -0.39 is 0 Å². The van der Waals surface area contributed by atoms with Gasteiger partial charge in [0, 0.05) is 31.2 Å². The van der Waals surface area contributed by atoms with Gasteiger partial charge in [0.25, 0.3) is 0 Å². The lowest BCUT2D eigenvalue weighted by atomic mass is 9.92. The largest absolute Gasteiger partial charge is 0.311 e. The van der Waals surface area contributed by atoms with Gasteiger partial charge in [-0.05, 0) is 20.3 Å². The molecular weight excluding hydrogens is 160 g/mol. The Bertz CT molecular complexity index is 179. The van der Waals surface area contributed by atoms with Crippen LogP contribution >= 0.6 is 0 Å². The van der Waals surface area contributed by atoms with Gasteiger partial charge in [-0.1, -0.05) is 13.0 Å². The van der Waals surface area contributed by atoms with Crippen LogP contribution in [0.2, 0.25) is 0 Å². The van der Waals surface area contributed by atoms with E-state index in [0.717, 1.165) is 19.6 Å². The molecule has 1 fully saturated rings. The third-order valence-corrected chi connectivity index (χ3v) is 3.20. The summed E-state index contributed by atoms with van der Waals surface area (Å²) in [6.45, 7) is 13.9. The topological polar surface area (TPSA) is 15.3 Å². The fraction of sp³-hybridized carbons (Fsp3) is 0.818. The summed E-state index contributed by atoms with van der Waals surface area (Å²) in [6.07, 6.45) is 3.20. The molecule has 1 saturated heterocycles. The van der Waals surface area contributed by atoms with Crippen molar-refractivity contribution in [3.8, 4) is 0 Å². The van der Waals surface area contributed by atoms with Gasteiger partial charge in [-0.15, -0.1) is 6.58 Å². The van der Waals surface area contributed by atoms with Crippen LogP contribution in [-0.2, 0) is 0 Å². The fourth-order valence-electron chi connectivity index (χ4n) is 1.92. The Balaban J connectivity index is 2.65. The van der Waals surface area contributed by atoms with E-state index in [2.05, 4.69) is 37.6 Å². The lowest BCUT2D eigenvalue weighted by Crippen LogP contribution is -2.62. The molecule has 0 aliphatic carbocycles. The molecule has 13 heavy (non-hydrogen) atoms. The van der Waals surface area contributed by atoms with E-state index in [9.17, 15) is 0 Å². The molecule has 1 rings (SSSR count). The van der Waals surface area contributed by atoms with Gasteiger partial charge in [0.15, 0.2) is 0 Å². The van der Waals surface area contributed by atoms with E-state index in [0.29, 0.717) is 11.6 Å². The summed E-state index contributed by atoms with van der Waals surface area (Å²) < 4.78 is 0. The minimum atomic E-state index is 0.320. The summed E-state index contributed by atoms with van der Waals surface area (Å²) >= 11 is 0. The molecule has 0 amide bonds. The molecule has 1 aliphatic heterocycles. The molecule has 0 aromatic heterocycles. The summed E-state index contributed by atoms with van der Waals surface area (Å²) in [5, 5.41) is 3.54. The summed E-state index contributed by atoms with van der Waals surface area (Å²) in [7, 11) is 0. The smallest absolute Gasteiger partial charge is 0.0307 e. The molecule has 0 bridgehead atoms. The molecule has 0 aromatic carbocycles. The van der Waals surface area contributed by atoms with E-state index in [1.165, 1.54) is 6.42 Å². The molecule has 2 unspecified atom stereocenters. The number of hydrogen-bond donors (Lipinski definition) is 1. The number of hydrogen-bond acceptors (Lipinski definition) is 2. The Kier molecular flexibility index (Phi) is 3.51. The zero-order valence-corrected chi connectivity index (χ0v) is 9.14. The van der Waals surface area contributed by atoms with Crippen LogP contribution in [0.3, 0.4) is 0 Å². The van der Waals surface area contributed by atoms with Crippen molar-refractivity contribution in [3.05, 3.63) is 12.7 Å². The van der Waals surface area contributed by atoms with Crippen molar-refractivity contribution in [3.63, 3.8) is 0 Å². The van der Waals surface area contributed by atoms with E-state index in [1.54, 1.807) is 0 Å². The van der Waals surface area contributed by atoms with Crippen molar-refractivity contribution >= 4 is 0 Å². The van der Waals surface area contributed by atoms with Crippen molar-refractivity contribution in [2.45, 2.75) is 38.8 Å². The van der Waals surface area contributed by atoms with Crippen LogP contribution in [0.5, 0.6) is 0 Å². The van der Waals surface area contributed by atoms with Crippen LogP contribution < -0.4 is 5.32 Å². The molecule has 2 atom stereocenters. The first kappa shape index (κ1) is 10.7. The van der Waals surface area contributed by atoms with Gasteiger partial charge in [-0.3, -0.25) is 4.90 Å². The monoisotopic (exact) mass is 182 g/mol. The molecule has 0 aromatic rings. The molecule has 0 radical (unpaired) electrons. The summed E-state index contributed by atoms with van der Waals surface area (Å²) in [5.74, 6) is 0. The first-order chi connectivity index (χ1) is 6.12. The van der Waals surface area contributed by atoms with Gasteiger partial charge in [-0.2, -0.15) is 0 Å². The molecule has 1 heterocycles. The SMILES string of the molecule is C=CCN1CC(C)NCC1(C)CC. The van der Waals surface area contributed by atoms with E-state index >= 15 is 0 Å². The van der Waals surface area contributed by atoms with Crippen molar-refractivity contribution < 1.29 is 0 Å². The van der Waals surface area contributed by atoms with Gasteiger partial charge < -0.3 is 5.32 Å². The van der Waals surface area contributed by atoms with Crippen molar-refractivity contribution in [1.29, 1.82) is 0 Å². The Morgan fingerprint density at radius 1 is 1.69 bits per heavy atom. The maximum atomic E-state index is 3.82. The highest BCUT2D eigenvalue weighted by Crippen LogP contribution is 2.22. The Morgan fingerprint density at radius 2 is 2.38 bits per heavy atom. The highest BCUT2D eigenvalue weighted by Gasteiger charge is 2.33. The van der Waals surface area contributed by atoms with Crippen molar-refractivity contribution in [2.75, 3.05) is 19.6 Å².